The van der Waals surface area contributed by atoms with Crippen molar-refractivity contribution >= 4 is 0 Å². The van der Waals surface area contributed by atoms with E-state index in [2.05, 4.69) is 16.3 Å². The van der Waals surface area contributed by atoms with Gasteiger partial charge in [-0.25, -0.2) is 0 Å². The smallest absolute Gasteiger partial charge is 0.123 e. The summed E-state index contributed by atoms with van der Waals surface area (Å²) in [6.45, 7) is 3.84. The Bertz CT molecular complexity index is 622. The number of nitrogens with zero attached hydrogens (tertiary/aromatic N) is 1. The minimum atomic E-state index is 0.277. The molecule has 2 aromatic rings. The highest BCUT2D eigenvalue weighted by Gasteiger charge is 2.25. The maximum Gasteiger partial charge on any atom is 0.123 e. The molecule has 0 radical (unpaired) electrons. The summed E-state index contributed by atoms with van der Waals surface area (Å²) in [6, 6.07) is 10.2. The van der Waals surface area contributed by atoms with E-state index < -0.39 is 0 Å². The normalized spacial score (nSPS) is 16.2. The maximum atomic E-state index is 5.67. The standard InChI is InChI=1S/C19H26N2O3/c1-22-16-7-8-18(23-2)15(12-16)13-20-14-17(19-6-5-11-24-19)21-9-3-4-10-21/h5-8,11-12,17,20H,3-4,9-10,13-14H2,1-2H3/t17-/m1/s1. The molecule has 0 saturated carbocycles. The monoisotopic (exact) mass is 330 g/mol. The summed E-state index contributed by atoms with van der Waals surface area (Å²) in [4.78, 5) is 2.49. The molecule has 2 heterocycles. The first kappa shape index (κ1) is 16.9. The molecule has 1 aromatic heterocycles. The number of ether oxygens (including phenoxy) is 2. The Morgan fingerprint density at radius 1 is 1.17 bits per heavy atom. The van der Waals surface area contributed by atoms with Crippen LogP contribution < -0.4 is 14.8 Å². The zero-order chi connectivity index (χ0) is 16.8. The van der Waals surface area contributed by atoms with Gasteiger partial charge in [0.1, 0.15) is 17.3 Å². The van der Waals surface area contributed by atoms with Crippen LogP contribution in [0.3, 0.4) is 0 Å². The van der Waals surface area contributed by atoms with E-state index in [1.807, 2.05) is 24.3 Å². The molecule has 1 aromatic carbocycles. The van der Waals surface area contributed by atoms with Crippen LogP contribution in [0, 0.1) is 0 Å². The van der Waals surface area contributed by atoms with E-state index in [0.717, 1.165) is 49.0 Å². The minimum absolute atomic E-state index is 0.277. The molecule has 1 atom stereocenters. The van der Waals surface area contributed by atoms with Crippen LogP contribution in [0.2, 0.25) is 0 Å². The van der Waals surface area contributed by atoms with E-state index >= 15 is 0 Å². The number of nitrogens with one attached hydrogen (secondary N) is 1. The van der Waals surface area contributed by atoms with Crippen LogP contribution in [0.25, 0.3) is 0 Å². The quantitative estimate of drug-likeness (QED) is 0.805. The first-order chi connectivity index (χ1) is 11.8. The molecular weight excluding hydrogens is 304 g/mol. The highest BCUT2D eigenvalue weighted by atomic mass is 16.5. The van der Waals surface area contributed by atoms with Crippen molar-refractivity contribution in [2.24, 2.45) is 0 Å². The second-order valence-electron chi connectivity index (χ2n) is 6.08. The number of methoxy groups -OCH3 is 2. The lowest BCUT2D eigenvalue weighted by Gasteiger charge is -2.26. The van der Waals surface area contributed by atoms with Crippen LogP contribution in [-0.2, 0) is 6.54 Å². The largest absolute Gasteiger partial charge is 0.497 e. The van der Waals surface area contributed by atoms with Gasteiger partial charge in [0.15, 0.2) is 0 Å². The number of rotatable bonds is 8. The predicted molar refractivity (Wildman–Crippen MR) is 93.5 cm³/mol. The van der Waals surface area contributed by atoms with Crippen molar-refractivity contribution in [1.29, 1.82) is 0 Å². The van der Waals surface area contributed by atoms with Gasteiger partial charge in [-0.2, -0.15) is 0 Å². The van der Waals surface area contributed by atoms with Crippen molar-refractivity contribution < 1.29 is 13.9 Å². The average molecular weight is 330 g/mol. The van der Waals surface area contributed by atoms with E-state index in [1.54, 1.807) is 20.5 Å². The third kappa shape index (κ3) is 3.91. The number of furan rings is 1. The Morgan fingerprint density at radius 2 is 2.00 bits per heavy atom. The fraction of sp³-hybridized carbons (Fsp3) is 0.474. The molecule has 1 aliphatic heterocycles. The molecule has 1 aliphatic rings. The molecule has 5 heteroatoms. The Morgan fingerprint density at radius 3 is 2.67 bits per heavy atom. The Labute approximate surface area is 143 Å². The van der Waals surface area contributed by atoms with Crippen LogP contribution in [0.1, 0.15) is 30.2 Å². The summed E-state index contributed by atoms with van der Waals surface area (Å²) in [5, 5.41) is 3.56. The van der Waals surface area contributed by atoms with Crippen molar-refractivity contribution in [3.05, 3.63) is 47.9 Å². The van der Waals surface area contributed by atoms with E-state index in [4.69, 9.17) is 13.9 Å². The summed E-state index contributed by atoms with van der Waals surface area (Å²) in [6.07, 6.45) is 4.28. The van der Waals surface area contributed by atoms with Gasteiger partial charge >= 0.3 is 0 Å². The first-order valence-electron chi connectivity index (χ1n) is 8.51. The van der Waals surface area contributed by atoms with Crippen LogP contribution in [-0.4, -0.2) is 38.8 Å². The zero-order valence-electron chi connectivity index (χ0n) is 14.5. The number of hydrogen-bond donors (Lipinski definition) is 1. The van der Waals surface area contributed by atoms with Crippen molar-refractivity contribution in [3.63, 3.8) is 0 Å². The number of likely N-dealkylation sites (tertiary alicyclic amines) is 1. The fourth-order valence-corrected chi connectivity index (χ4v) is 3.31. The van der Waals surface area contributed by atoms with E-state index in [9.17, 15) is 0 Å². The molecule has 0 amide bonds. The molecule has 0 spiro atoms. The van der Waals surface area contributed by atoms with Gasteiger partial charge in [-0.1, -0.05) is 0 Å². The number of hydrogen-bond acceptors (Lipinski definition) is 5. The summed E-state index contributed by atoms with van der Waals surface area (Å²) in [5.41, 5.74) is 1.09. The summed E-state index contributed by atoms with van der Waals surface area (Å²) >= 11 is 0. The molecule has 1 fully saturated rings. The van der Waals surface area contributed by atoms with Gasteiger partial charge in [-0.05, 0) is 56.3 Å². The summed E-state index contributed by atoms with van der Waals surface area (Å²) in [5.74, 6) is 2.75. The first-order valence-corrected chi connectivity index (χ1v) is 8.51. The van der Waals surface area contributed by atoms with Gasteiger partial charge in [0.2, 0.25) is 0 Å². The SMILES string of the molecule is COc1ccc(OC)c(CNC[C@H](c2ccco2)N2CCCC2)c1. The second kappa shape index (κ2) is 8.22. The predicted octanol–water partition coefficient (Wildman–Crippen LogP) is 3.22. The van der Waals surface area contributed by atoms with Crippen LogP contribution in [0.15, 0.2) is 41.0 Å². The molecule has 0 bridgehead atoms. The van der Waals surface area contributed by atoms with Crippen molar-refractivity contribution in [2.45, 2.75) is 25.4 Å². The Hall–Kier alpha value is -1.98. The van der Waals surface area contributed by atoms with Gasteiger partial charge in [0.25, 0.3) is 0 Å². The Kier molecular flexibility index (Phi) is 5.77. The second-order valence-corrected chi connectivity index (χ2v) is 6.08. The topological polar surface area (TPSA) is 46.9 Å². The molecule has 24 heavy (non-hydrogen) atoms. The summed E-state index contributed by atoms with van der Waals surface area (Å²) < 4.78 is 16.4. The van der Waals surface area contributed by atoms with Crippen LogP contribution >= 0.6 is 0 Å². The van der Waals surface area contributed by atoms with E-state index in [1.165, 1.54) is 12.8 Å². The van der Waals surface area contributed by atoms with Gasteiger partial charge in [-0.3, -0.25) is 4.90 Å². The molecule has 1 saturated heterocycles. The average Bonchev–Trinajstić information content (AvgIpc) is 3.32. The molecule has 0 unspecified atom stereocenters. The molecular formula is C19H26N2O3. The number of benzene rings is 1. The zero-order valence-corrected chi connectivity index (χ0v) is 14.5. The molecule has 1 N–H and O–H groups in total. The lowest BCUT2D eigenvalue weighted by molar-refractivity contribution is 0.209. The van der Waals surface area contributed by atoms with E-state index in [0.29, 0.717) is 0 Å². The van der Waals surface area contributed by atoms with Gasteiger partial charge < -0.3 is 19.2 Å². The maximum absolute atomic E-state index is 5.67. The fourth-order valence-electron chi connectivity index (χ4n) is 3.31. The third-order valence-corrected chi connectivity index (χ3v) is 4.59. The van der Waals surface area contributed by atoms with Gasteiger partial charge in [-0.15, -0.1) is 0 Å². The van der Waals surface area contributed by atoms with Crippen molar-refractivity contribution in [2.75, 3.05) is 33.9 Å². The lowest BCUT2D eigenvalue weighted by atomic mass is 10.1. The molecule has 5 nitrogen and oxygen atoms in total. The van der Waals surface area contributed by atoms with Gasteiger partial charge in [0, 0.05) is 18.7 Å². The molecule has 130 valence electrons. The van der Waals surface area contributed by atoms with Crippen molar-refractivity contribution in [3.8, 4) is 11.5 Å². The minimum Gasteiger partial charge on any atom is -0.497 e. The van der Waals surface area contributed by atoms with Crippen LogP contribution in [0.4, 0.5) is 0 Å². The van der Waals surface area contributed by atoms with E-state index in [-0.39, 0.29) is 6.04 Å². The molecule has 3 rings (SSSR count). The Balaban J connectivity index is 1.65. The lowest BCUT2D eigenvalue weighted by Crippen LogP contribution is -2.33. The molecule has 0 aliphatic carbocycles. The highest BCUT2D eigenvalue weighted by molar-refractivity contribution is 5.40. The summed E-state index contributed by atoms with van der Waals surface area (Å²) in [7, 11) is 3.38. The highest BCUT2D eigenvalue weighted by Crippen LogP contribution is 2.26. The van der Waals surface area contributed by atoms with Crippen molar-refractivity contribution in [1.82, 2.24) is 10.2 Å². The van der Waals surface area contributed by atoms with Crippen LogP contribution in [0.5, 0.6) is 11.5 Å². The third-order valence-electron chi connectivity index (χ3n) is 4.59. The van der Waals surface area contributed by atoms with Gasteiger partial charge in [0.05, 0.1) is 26.5 Å².